The molecule has 0 radical (unpaired) electrons. The quantitative estimate of drug-likeness (QED) is 0.627. The van der Waals surface area contributed by atoms with E-state index < -0.39 is 0 Å². The van der Waals surface area contributed by atoms with Crippen LogP contribution >= 0.6 is 0 Å². The van der Waals surface area contributed by atoms with E-state index in [0.29, 0.717) is 40.2 Å². The number of hydrogen-bond acceptors (Lipinski definition) is 4. The van der Waals surface area contributed by atoms with Crippen molar-refractivity contribution < 1.29 is 13.9 Å². The van der Waals surface area contributed by atoms with Gasteiger partial charge in [0.05, 0.1) is 18.1 Å². The van der Waals surface area contributed by atoms with Crippen LogP contribution in [0.25, 0.3) is 22.1 Å². The molecule has 0 aliphatic heterocycles. The summed E-state index contributed by atoms with van der Waals surface area (Å²) >= 11 is 0. The summed E-state index contributed by atoms with van der Waals surface area (Å²) < 4.78 is 16.7. The number of hydrogen-bond donors (Lipinski definition) is 0. The average molecular weight is 336 g/mol. The van der Waals surface area contributed by atoms with Crippen molar-refractivity contribution >= 4 is 11.0 Å². The first-order chi connectivity index (χ1) is 12.1. The molecule has 25 heavy (non-hydrogen) atoms. The van der Waals surface area contributed by atoms with Crippen molar-refractivity contribution in [3.05, 3.63) is 70.6 Å². The predicted octanol–water partition coefficient (Wildman–Crippen LogP) is 4.81. The van der Waals surface area contributed by atoms with Gasteiger partial charge in [0.25, 0.3) is 0 Å². The van der Waals surface area contributed by atoms with Crippen LogP contribution < -0.4 is 14.9 Å². The van der Waals surface area contributed by atoms with E-state index in [1.54, 1.807) is 25.3 Å². The molecule has 2 aromatic carbocycles. The van der Waals surface area contributed by atoms with Crippen LogP contribution in [0.15, 0.2) is 69.6 Å². The third-order valence-corrected chi connectivity index (χ3v) is 3.88. The molecule has 0 fully saturated rings. The third-order valence-electron chi connectivity index (χ3n) is 3.88. The molecule has 0 unspecified atom stereocenters. The normalized spacial score (nSPS) is 10.5. The van der Waals surface area contributed by atoms with Crippen LogP contribution in [0.4, 0.5) is 0 Å². The Kier molecular flexibility index (Phi) is 4.89. The average Bonchev–Trinajstić information content (AvgIpc) is 2.62. The van der Waals surface area contributed by atoms with Gasteiger partial charge in [0.15, 0.2) is 0 Å². The lowest BCUT2D eigenvalue weighted by atomic mass is 10.0. The second-order valence-electron chi connectivity index (χ2n) is 5.93. The third kappa shape index (κ3) is 3.58. The summed E-state index contributed by atoms with van der Waals surface area (Å²) in [6.07, 6.45) is 3.47. The zero-order valence-electron chi connectivity index (χ0n) is 14.5. The Bertz CT molecular complexity index is 979. The number of para-hydroxylation sites is 1. The van der Waals surface area contributed by atoms with E-state index in [4.69, 9.17) is 13.9 Å². The van der Waals surface area contributed by atoms with Crippen LogP contribution in [0.3, 0.4) is 0 Å². The molecule has 0 spiro atoms. The molecule has 4 nitrogen and oxygen atoms in total. The van der Waals surface area contributed by atoms with Gasteiger partial charge in [-0.2, -0.15) is 0 Å². The zero-order chi connectivity index (χ0) is 17.8. The Balaban J connectivity index is 2.01. The number of methoxy groups -OCH3 is 1. The van der Waals surface area contributed by atoms with Crippen LogP contribution in [0, 0.1) is 0 Å². The molecular weight excluding hydrogens is 316 g/mol. The first-order valence-electron chi connectivity index (χ1n) is 8.05. The molecule has 0 aliphatic rings. The van der Waals surface area contributed by atoms with Gasteiger partial charge in [-0.3, -0.25) is 4.79 Å². The summed E-state index contributed by atoms with van der Waals surface area (Å²) in [5, 5.41) is 0.512. The largest absolute Gasteiger partial charge is 0.496 e. The van der Waals surface area contributed by atoms with Gasteiger partial charge >= 0.3 is 0 Å². The molecule has 4 heteroatoms. The van der Waals surface area contributed by atoms with E-state index in [0.717, 1.165) is 0 Å². The fourth-order valence-electron chi connectivity index (χ4n) is 2.56. The lowest BCUT2D eigenvalue weighted by Gasteiger charge is -2.09. The molecule has 0 atom stereocenters. The monoisotopic (exact) mass is 336 g/mol. The van der Waals surface area contributed by atoms with E-state index in [1.807, 2.05) is 44.2 Å². The number of fused-ring (bicyclic) bond motifs is 1. The van der Waals surface area contributed by atoms with E-state index in [9.17, 15) is 4.79 Å². The van der Waals surface area contributed by atoms with E-state index in [-0.39, 0.29) is 5.43 Å². The first-order valence-corrected chi connectivity index (χ1v) is 8.05. The van der Waals surface area contributed by atoms with Crippen LogP contribution in [0.5, 0.6) is 11.5 Å². The predicted molar refractivity (Wildman–Crippen MR) is 99.4 cm³/mol. The van der Waals surface area contributed by atoms with Crippen LogP contribution in [-0.2, 0) is 0 Å². The highest BCUT2D eigenvalue weighted by atomic mass is 16.5. The summed E-state index contributed by atoms with van der Waals surface area (Å²) in [7, 11) is 1.58. The fourth-order valence-corrected chi connectivity index (χ4v) is 2.56. The Morgan fingerprint density at radius 3 is 2.68 bits per heavy atom. The maximum absolute atomic E-state index is 12.8. The zero-order valence-corrected chi connectivity index (χ0v) is 14.5. The molecule has 0 saturated carbocycles. The molecule has 0 amide bonds. The first kappa shape index (κ1) is 16.8. The van der Waals surface area contributed by atoms with Crippen molar-refractivity contribution in [3.8, 4) is 22.6 Å². The van der Waals surface area contributed by atoms with Crippen molar-refractivity contribution in [2.24, 2.45) is 0 Å². The van der Waals surface area contributed by atoms with Gasteiger partial charge in [-0.05, 0) is 38.1 Å². The number of rotatable bonds is 5. The molecule has 0 bridgehead atoms. The number of ether oxygens (including phenoxy) is 2. The summed E-state index contributed by atoms with van der Waals surface area (Å²) in [6.45, 7) is 4.52. The molecule has 1 heterocycles. The standard InChI is InChI=1S/C21H20O4/c1-14(2)10-11-24-15-8-9-17-20(12-15)25-13-18(21(17)22)16-6-4-5-7-19(16)23-3/h4-10,12-13H,11H2,1-3H3. The van der Waals surface area contributed by atoms with Crippen molar-refractivity contribution in [2.45, 2.75) is 13.8 Å². The second kappa shape index (κ2) is 7.26. The molecule has 1 aromatic heterocycles. The van der Waals surface area contributed by atoms with Gasteiger partial charge in [0.1, 0.15) is 30.0 Å². The van der Waals surface area contributed by atoms with Crippen molar-refractivity contribution in [1.82, 2.24) is 0 Å². The number of allylic oxidation sites excluding steroid dienone is 1. The topological polar surface area (TPSA) is 48.7 Å². The SMILES string of the molecule is COc1ccccc1-c1coc2cc(OCC=C(C)C)ccc2c1=O. The van der Waals surface area contributed by atoms with Crippen molar-refractivity contribution in [3.63, 3.8) is 0 Å². The van der Waals surface area contributed by atoms with Crippen LogP contribution in [0.2, 0.25) is 0 Å². The van der Waals surface area contributed by atoms with Gasteiger partial charge in [-0.25, -0.2) is 0 Å². The van der Waals surface area contributed by atoms with Crippen LogP contribution in [0.1, 0.15) is 13.8 Å². The summed E-state index contributed by atoms with van der Waals surface area (Å²) in [5.74, 6) is 1.30. The lowest BCUT2D eigenvalue weighted by molar-refractivity contribution is 0.362. The molecule has 0 N–H and O–H groups in total. The smallest absolute Gasteiger partial charge is 0.200 e. The maximum Gasteiger partial charge on any atom is 0.200 e. The molecule has 3 aromatic rings. The molecule has 128 valence electrons. The van der Waals surface area contributed by atoms with Crippen LogP contribution in [-0.4, -0.2) is 13.7 Å². The Labute approximate surface area is 146 Å². The van der Waals surface area contributed by atoms with Gasteiger partial charge in [-0.15, -0.1) is 0 Å². The van der Waals surface area contributed by atoms with Gasteiger partial charge in [0, 0.05) is 11.6 Å². The van der Waals surface area contributed by atoms with Gasteiger partial charge in [-0.1, -0.05) is 23.8 Å². The Morgan fingerprint density at radius 2 is 1.92 bits per heavy atom. The Morgan fingerprint density at radius 1 is 1.12 bits per heavy atom. The van der Waals surface area contributed by atoms with Gasteiger partial charge in [0.2, 0.25) is 5.43 Å². The molecular formula is C21H20O4. The minimum Gasteiger partial charge on any atom is -0.496 e. The molecule has 0 aliphatic carbocycles. The second-order valence-corrected chi connectivity index (χ2v) is 5.93. The molecule has 0 saturated heterocycles. The van der Waals surface area contributed by atoms with Gasteiger partial charge < -0.3 is 13.9 Å². The van der Waals surface area contributed by atoms with E-state index in [2.05, 4.69) is 0 Å². The summed E-state index contributed by atoms with van der Waals surface area (Å²) in [5.41, 5.74) is 2.78. The summed E-state index contributed by atoms with van der Waals surface area (Å²) in [4.78, 5) is 12.8. The minimum absolute atomic E-state index is 0.0957. The number of benzene rings is 2. The van der Waals surface area contributed by atoms with Crippen molar-refractivity contribution in [2.75, 3.05) is 13.7 Å². The highest BCUT2D eigenvalue weighted by molar-refractivity contribution is 5.83. The minimum atomic E-state index is -0.0957. The van der Waals surface area contributed by atoms with E-state index in [1.165, 1.54) is 11.8 Å². The summed E-state index contributed by atoms with van der Waals surface area (Å²) in [6, 6.07) is 12.6. The van der Waals surface area contributed by atoms with Crippen molar-refractivity contribution in [1.29, 1.82) is 0 Å². The van der Waals surface area contributed by atoms with E-state index >= 15 is 0 Å². The Hall–Kier alpha value is -3.01. The maximum atomic E-state index is 12.8. The fraction of sp³-hybridized carbons (Fsp3) is 0.190. The highest BCUT2D eigenvalue weighted by Gasteiger charge is 2.13. The highest BCUT2D eigenvalue weighted by Crippen LogP contribution is 2.29. The lowest BCUT2D eigenvalue weighted by Crippen LogP contribution is -2.06. The molecule has 3 rings (SSSR count).